The third-order valence-corrected chi connectivity index (χ3v) is 5.79. The number of benzene rings is 1. The van der Waals surface area contributed by atoms with Crippen molar-refractivity contribution < 1.29 is 14.4 Å². The van der Waals surface area contributed by atoms with Crippen molar-refractivity contribution in [1.29, 1.82) is 0 Å². The van der Waals surface area contributed by atoms with Gasteiger partial charge in [-0.05, 0) is 49.3 Å². The first-order valence-corrected chi connectivity index (χ1v) is 10.5. The quantitative estimate of drug-likeness (QED) is 0.792. The highest BCUT2D eigenvalue weighted by Gasteiger charge is 2.30. The van der Waals surface area contributed by atoms with Crippen molar-refractivity contribution in [2.45, 2.75) is 71.8 Å². The minimum atomic E-state index is -0.367. The van der Waals surface area contributed by atoms with Gasteiger partial charge in [0.15, 0.2) is 5.78 Å². The molecule has 1 aromatic rings. The first-order valence-electron chi connectivity index (χ1n) is 10.5. The molecule has 0 bridgehead atoms. The Labute approximate surface area is 167 Å². The maximum absolute atomic E-state index is 12.4. The number of fused-ring (bicyclic) bond motifs is 1. The minimum Gasteiger partial charge on any atom is -0.353 e. The molecule has 2 aliphatic rings. The lowest BCUT2D eigenvalue weighted by Crippen LogP contribution is -2.49. The second-order valence-corrected chi connectivity index (χ2v) is 9.14. The third-order valence-electron chi connectivity index (χ3n) is 5.79. The molecule has 0 radical (unpaired) electrons. The van der Waals surface area contributed by atoms with E-state index in [-0.39, 0.29) is 41.9 Å². The van der Waals surface area contributed by atoms with Crippen LogP contribution >= 0.6 is 0 Å². The smallest absolute Gasteiger partial charge is 0.227 e. The van der Waals surface area contributed by atoms with E-state index in [9.17, 15) is 14.4 Å². The lowest BCUT2D eigenvalue weighted by molar-refractivity contribution is -0.140. The fraction of sp³-hybridized carbons (Fsp3) is 0.609. The lowest BCUT2D eigenvalue weighted by atomic mass is 9.93. The number of likely N-dealkylation sites (tertiary alicyclic amines) is 1. The number of nitrogens with one attached hydrogen (secondary N) is 1. The van der Waals surface area contributed by atoms with Gasteiger partial charge in [0.25, 0.3) is 0 Å². The molecule has 1 heterocycles. The van der Waals surface area contributed by atoms with Crippen molar-refractivity contribution >= 4 is 17.6 Å². The average Bonchev–Trinajstić information content (AvgIpc) is 3.13. The molecule has 1 aliphatic carbocycles. The number of ketones is 1. The molecule has 28 heavy (non-hydrogen) atoms. The highest BCUT2D eigenvalue weighted by Crippen LogP contribution is 2.24. The van der Waals surface area contributed by atoms with Crippen molar-refractivity contribution in [3.63, 3.8) is 0 Å². The summed E-state index contributed by atoms with van der Waals surface area (Å²) in [5.74, 6) is 0.128. The molecule has 0 spiro atoms. The molecule has 3 rings (SSSR count). The van der Waals surface area contributed by atoms with Gasteiger partial charge in [-0.2, -0.15) is 0 Å². The maximum Gasteiger partial charge on any atom is 0.227 e. The van der Waals surface area contributed by atoms with E-state index in [4.69, 9.17) is 0 Å². The predicted molar refractivity (Wildman–Crippen MR) is 109 cm³/mol. The van der Waals surface area contributed by atoms with Gasteiger partial charge in [-0.3, -0.25) is 14.4 Å². The Kier molecular flexibility index (Phi) is 6.21. The van der Waals surface area contributed by atoms with E-state index in [1.807, 2.05) is 37.8 Å². The zero-order valence-corrected chi connectivity index (χ0v) is 17.3. The molecule has 1 aliphatic heterocycles. The molecule has 0 atom stereocenters. The Morgan fingerprint density at radius 2 is 1.71 bits per heavy atom. The van der Waals surface area contributed by atoms with Crippen LogP contribution in [0, 0.1) is 5.41 Å². The van der Waals surface area contributed by atoms with Crippen molar-refractivity contribution in [1.82, 2.24) is 10.2 Å². The Hall–Kier alpha value is -2.17. The summed E-state index contributed by atoms with van der Waals surface area (Å²) in [7, 11) is 0. The van der Waals surface area contributed by atoms with Gasteiger partial charge >= 0.3 is 0 Å². The Morgan fingerprint density at radius 1 is 1.04 bits per heavy atom. The minimum absolute atomic E-state index is 0.0374. The summed E-state index contributed by atoms with van der Waals surface area (Å²) in [6, 6.07) is 6.05. The van der Waals surface area contributed by atoms with E-state index in [2.05, 4.69) is 11.4 Å². The molecule has 0 saturated carbocycles. The zero-order valence-electron chi connectivity index (χ0n) is 17.3. The molecule has 5 heteroatoms. The Bertz CT molecular complexity index is 756. The first-order chi connectivity index (χ1) is 13.2. The van der Waals surface area contributed by atoms with Crippen molar-refractivity contribution in [3.05, 3.63) is 34.9 Å². The standard InChI is InChI=1S/C23H32N2O3/c1-23(2,3)22(28)25-13-11-19(12-14-25)24-21(27)10-9-20(26)18-8-7-16-5-4-6-17(16)15-18/h7-8,15,19H,4-6,9-14H2,1-3H3,(H,24,27). The number of amides is 2. The summed E-state index contributed by atoms with van der Waals surface area (Å²) >= 11 is 0. The van der Waals surface area contributed by atoms with Crippen LogP contribution in [0.1, 0.15) is 74.4 Å². The largest absolute Gasteiger partial charge is 0.353 e. The molecular weight excluding hydrogens is 352 g/mol. The van der Waals surface area contributed by atoms with Gasteiger partial charge in [0, 0.05) is 43.0 Å². The van der Waals surface area contributed by atoms with Crippen LogP contribution in [0.25, 0.3) is 0 Å². The van der Waals surface area contributed by atoms with Gasteiger partial charge in [0.05, 0.1) is 0 Å². The molecular formula is C23H32N2O3. The van der Waals surface area contributed by atoms with Crippen LogP contribution in [0.15, 0.2) is 18.2 Å². The van der Waals surface area contributed by atoms with Gasteiger partial charge in [0.2, 0.25) is 11.8 Å². The molecule has 1 fully saturated rings. The van der Waals surface area contributed by atoms with Crippen molar-refractivity contribution in [3.8, 4) is 0 Å². The molecule has 1 N–H and O–H groups in total. The molecule has 1 aromatic carbocycles. The van der Waals surface area contributed by atoms with Gasteiger partial charge < -0.3 is 10.2 Å². The zero-order chi connectivity index (χ0) is 20.3. The summed E-state index contributed by atoms with van der Waals surface area (Å²) in [6.45, 7) is 7.15. The van der Waals surface area contributed by atoms with E-state index < -0.39 is 0 Å². The molecule has 1 saturated heterocycles. The molecule has 5 nitrogen and oxygen atoms in total. The van der Waals surface area contributed by atoms with Gasteiger partial charge in [0.1, 0.15) is 0 Å². The lowest BCUT2D eigenvalue weighted by Gasteiger charge is -2.36. The highest BCUT2D eigenvalue weighted by atomic mass is 16.2. The number of piperidine rings is 1. The van der Waals surface area contributed by atoms with Crippen LogP contribution in [0.2, 0.25) is 0 Å². The molecule has 2 amide bonds. The number of aryl methyl sites for hydroxylation is 2. The molecule has 0 unspecified atom stereocenters. The number of hydrogen-bond acceptors (Lipinski definition) is 3. The summed E-state index contributed by atoms with van der Waals surface area (Å²) in [5.41, 5.74) is 2.99. The van der Waals surface area contributed by atoms with Crippen LogP contribution in [0.4, 0.5) is 0 Å². The number of rotatable bonds is 5. The van der Waals surface area contributed by atoms with E-state index in [1.165, 1.54) is 11.1 Å². The summed E-state index contributed by atoms with van der Waals surface area (Å²) in [6.07, 6.45) is 5.32. The Balaban J connectivity index is 1.41. The third kappa shape index (κ3) is 5.00. The van der Waals surface area contributed by atoms with Crippen molar-refractivity contribution in [2.75, 3.05) is 13.1 Å². The fourth-order valence-corrected chi connectivity index (χ4v) is 4.12. The number of carbonyl (C=O) groups excluding carboxylic acids is 3. The SMILES string of the molecule is CC(C)(C)C(=O)N1CCC(NC(=O)CCC(=O)c2ccc3c(c2)CCC3)CC1. The highest BCUT2D eigenvalue weighted by molar-refractivity contribution is 5.98. The van der Waals surface area contributed by atoms with E-state index in [0.717, 1.165) is 37.7 Å². The van der Waals surface area contributed by atoms with E-state index in [0.29, 0.717) is 13.1 Å². The van der Waals surface area contributed by atoms with Crippen LogP contribution in [-0.2, 0) is 22.4 Å². The number of hydrogen-bond donors (Lipinski definition) is 1. The number of carbonyl (C=O) groups is 3. The van der Waals surface area contributed by atoms with Crippen LogP contribution < -0.4 is 5.32 Å². The second kappa shape index (κ2) is 8.46. The van der Waals surface area contributed by atoms with Gasteiger partial charge in [-0.25, -0.2) is 0 Å². The number of nitrogens with zero attached hydrogens (tertiary/aromatic N) is 1. The topological polar surface area (TPSA) is 66.5 Å². The fourth-order valence-electron chi connectivity index (χ4n) is 4.12. The summed E-state index contributed by atoms with van der Waals surface area (Å²) < 4.78 is 0. The maximum atomic E-state index is 12.4. The van der Waals surface area contributed by atoms with Crippen LogP contribution in [0.3, 0.4) is 0 Å². The monoisotopic (exact) mass is 384 g/mol. The van der Waals surface area contributed by atoms with Crippen LogP contribution in [0.5, 0.6) is 0 Å². The van der Waals surface area contributed by atoms with Crippen LogP contribution in [-0.4, -0.2) is 41.6 Å². The van der Waals surface area contributed by atoms with E-state index >= 15 is 0 Å². The normalized spacial score (nSPS) is 17.3. The average molecular weight is 385 g/mol. The number of Topliss-reactive ketones (excluding diaryl/α,β-unsaturated/α-hetero) is 1. The second-order valence-electron chi connectivity index (χ2n) is 9.14. The molecule has 152 valence electrons. The summed E-state index contributed by atoms with van der Waals surface area (Å²) in [4.78, 5) is 38.9. The molecule has 0 aromatic heterocycles. The van der Waals surface area contributed by atoms with E-state index in [1.54, 1.807) is 0 Å². The van der Waals surface area contributed by atoms with Gasteiger partial charge in [-0.1, -0.05) is 32.9 Å². The first kappa shape index (κ1) is 20.6. The van der Waals surface area contributed by atoms with Crippen molar-refractivity contribution in [2.24, 2.45) is 5.41 Å². The summed E-state index contributed by atoms with van der Waals surface area (Å²) in [5, 5.41) is 3.04. The Morgan fingerprint density at radius 3 is 2.39 bits per heavy atom. The predicted octanol–water partition coefficient (Wildman–Crippen LogP) is 3.29. The van der Waals surface area contributed by atoms with Gasteiger partial charge in [-0.15, -0.1) is 0 Å².